The largest absolute Gasteiger partial charge is 0.491 e. The molecule has 3 rings (SSSR count). The highest BCUT2D eigenvalue weighted by atomic mass is 16.5. The zero-order chi connectivity index (χ0) is 19.2. The summed E-state index contributed by atoms with van der Waals surface area (Å²) in [5.74, 6) is -0.628. The number of carbonyl (C=O) groups is 2. The van der Waals surface area contributed by atoms with Crippen LogP contribution < -0.4 is 4.74 Å². The van der Waals surface area contributed by atoms with Crippen LogP contribution >= 0.6 is 0 Å². The highest BCUT2D eigenvalue weighted by Crippen LogP contribution is 2.19. The fourth-order valence-corrected chi connectivity index (χ4v) is 3.09. The van der Waals surface area contributed by atoms with E-state index in [9.17, 15) is 19.8 Å². The van der Waals surface area contributed by atoms with E-state index in [1.54, 1.807) is 18.2 Å². The molecule has 1 fully saturated rings. The third-order valence-electron chi connectivity index (χ3n) is 4.49. The molecule has 27 heavy (non-hydrogen) atoms. The minimum Gasteiger partial charge on any atom is -0.491 e. The SMILES string of the molecule is O=C(O)c1ccccc1C(=O)CCc1cccc(OC[C@@H]2C[C@@H](O)CO2)c1. The van der Waals surface area contributed by atoms with Gasteiger partial charge in [-0.05, 0) is 30.2 Å². The average Bonchev–Trinajstić information content (AvgIpc) is 3.10. The molecule has 0 aliphatic carbocycles. The van der Waals surface area contributed by atoms with Crippen molar-refractivity contribution in [3.63, 3.8) is 0 Å². The molecule has 1 aliphatic heterocycles. The molecule has 0 saturated carbocycles. The summed E-state index contributed by atoms with van der Waals surface area (Å²) in [7, 11) is 0. The standard InChI is InChI=1S/C21H22O6/c22-15-11-17(26-12-15)13-27-16-5-3-4-14(10-16)8-9-20(23)18-6-1-2-7-19(18)21(24)25/h1-7,10,15,17,22H,8-9,11-13H2,(H,24,25)/t15-,17+/m1/s1. The maximum atomic E-state index is 12.4. The number of carbonyl (C=O) groups excluding carboxylic acids is 1. The number of aromatic carboxylic acids is 1. The van der Waals surface area contributed by atoms with Gasteiger partial charge in [-0.3, -0.25) is 4.79 Å². The van der Waals surface area contributed by atoms with Gasteiger partial charge in [0, 0.05) is 18.4 Å². The van der Waals surface area contributed by atoms with Crippen molar-refractivity contribution in [1.29, 1.82) is 0 Å². The molecule has 2 aromatic rings. The van der Waals surface area contributed by atoms with Crippen molar-refractivity contribution in [3.8, 4) is 5.75 Å². The van der Waals surface area contributed by atoms with Gasteiger partial charge < -0.3 is 19.7 Å². The van der Waals surface area contributed by atoms with Crippen molar-refractivity contribution >= 4 is 11.8 Å². The van der Waals surface area contributed by atoms with Crippen LogP contribution in [0.25, 0.3) is 0 Å². The van der Waals surface area contributed by atoms with Crippen LogP contribution in [0.4, 0.5) is 0 Å². The van der Waals surface area contributed by atoms with Gasteiger partial charge in [-0.2, -0.15) is 0 Å². The Labute approximate surface area is 157 Å². The van der Waals surface area contributed by atoms with Crippen molar-refractivity contribution in [2.75, 3.05) is 13.2 Å². The van der Waals surface area contributed by atoms with Gasteiger partial charge >= 0.3 is 5.97 Å². The summed E-state index contributed by atoms with van der Waals surface area (Å²) < 4.78 is 11.1. The van der Waals surface area contributed by atoms with Gasteiger partial charge in [0.1, 0.15) is 12.4 Å². The van der Waals surface area contributed by atoms with Gasteiger partial charge in [0.15, 0.2) is 5.78 Å². The number of carboxylic acids is 1. The normalized spacial score (nSPS) is 19.0. The summed E-state index contributed by atoms with van der Waals surface area (Å²) in [6, 6.07) is 13.7. The summed E-state index contributed by atoms with van der Waals surface area (Å²) in [6.07, 6.45) is 0.730. The molecule has 1 heterocycles. The molecule has 0 amide bonds. The molecule has 0 bridgehead atoms. The predicted molar refractivity (Wildman–Crippen MR) is 98.4 cm³/mol. The van der Waals surface area contributed by atoms with Crippen molar-refractivity contribution in [1.82, 2.24) is 0 Å². The average molecular weight is 370 g/mol. The highest BCUT2D eigenvalue weighted by Gasteiger charge is 2.24. The third-order valence-corrected chi connectivity index (χ3v) is 4.49. The number of hydrogen-bond acceptors (Lipinski definition) is 5. The number of benzene rings is 2. The van der Waals surface area contributed by atoms with Gasteiger partial charge in [0.05, 0.1) is 24.4 Å². The molecular formula is C21H22O6. The Morgan fingerprint density at radius 3 is 2.59 bits per heavy atom. The van der Waals surface area contributed by atoms with Crippen LogP contribution in [0.3, 0.4) is 0 Å². The Kier molecular flexibility index (Phi) is 6.21. The van der Waals surface area contributed by atoms with Crippen molar-refractivity contribution in [2.24, 2.45) is 0 Å². The molecular weight excluding hydrogens is 348 g/mol. The van der Waals surface area contributed by atoms with E-state index >= 15 is 0 Å². The first kappa shape index (κ1) is 19.1. The summed E-state index contributed by atoms with van der Waals surface area (Å²) in [5, 5.41) is 18.7. The van der Waals surface area contributed by atoms with E-state index in [2.05, 4.69) is 0 Å². The van der Waals surface area contributed by atoms with Crippen LogP contribution in [0, 0.1) is 0 Å². The smallest absolute Gasteiger partial charge is 0.336 e. The summed E-state index contributed by atoms with van der Waals surface area (Å²) in [4.78, 5) is 23.7. The minimum absolute atomic E-state index is 0.0262. The van der Waals surface area contributed by atoms with E-state index < -0.39 is 12.1 Å². The second-order valence-corrected chi connectivity index (χ2v) is 6.58. The Bertz CT molecular complexity index is 816. The molecule has 2 N–H and O–H groups in total. The molecule has 0 aromatic heterocycles. The van der Waals surface area contributed by atoms with E-state index in [1.807, 2.05) is 24.3 Å². The van der Waals surface area contributed by atoms with Crippen LogP contribution in [-0.2, 0) is 11.2 Å². The molecule has 0 spiro atoms. The van der Waals surface area contributed by atoms with Crippen molar-refractivity contribution in [3.05, 3.63) is 65.2 Å². The molecule has 1 saturated heterocycles. The molecule has 0 radical (unpaired) electrons. The number of rotatable bonds is 8. The number of carboxylic acid groups (broad SMARTS) is 1. The van der Waals surface area contributed by atoms with Gasteiger partial charge in [-0.15, -0.1) is 0 Å². The Morgan fingerprint density at radius 1 is 1.11 bits per heavy atom. The molecule has 2 atom stereocenters. The Balaban J connectivity index is 1.57. The number of hydrogen-bond donors (Lipinski definition) is 2. The molecule has 1 aliphatic rings. The maximum absolute atomic E-state index is 12.4. The van der Waals surface area contributed by atoms with Crippen LogP contribution in [-0.4, -0.2) is 47.4 Å². The number of aliphatic hydroxyl groups is 1. The molecule has 6 nitrogen and oxygen atoms in total. The van der Waals surface area contributed by atoms with Gasteiger partial charge in [0.2, 0.25) is 0 Å². The van der Waals surface area contributed by atoms with Crippen molar-refractivity contribution < 1.29 is 29.3 Å². The summed E-state index contributed by atoms with van der Waals surface area (Å²) in [6.45, 7) is 0.708. The number of aryl methyl sites for hydroxylation is 1. The number of Topliss-reactive ketones (excluding diaryl/α,β-unsaturated/α-hetero) is 1. The zero-order valence-corrected chi connectivity index (χ0v) is 14.8. The Hall–Kier alpha value is -2.70. The Morgan fingerprint density at radius 2 is 1.89 bits per heavy atom. The first-order chi connectivity index (χ1) is 13.0. The van der Waals surface area contributed by atoms with Gasteiger partial charge in [-0.1, -0.05) is 30.3 Å². The minimum atomic E-state index is -1.10. The van der Waals surface area contributed by atoms with Crippen LogP contribution in [0.15, 0.2) is 48.5 Å². The lowest BCUT2D eigenvalue weighted by molar-refractivity contribution is 0.0588. The lowest BCUT2D eigenvalue weighted by atomic mass is 9.98. The maximum Gasteiger partial charge on any atom is 0.336 e. The summed E-state index contributed by atoms with van der Waals surface area (Å²) >= 11 is 0. The molecule has 6 heteroatoms. The molecule has 142 valence electrons. The first-order valence-electron chi connectivity index (χ1n) is 8.90. The van der Waals surface area contributed by atoms with Crippen LogP contribution in [0.5, 0.6) is 5.75 Å². The number of ether oxygens (including phenoxy) is 2. The quantitative estimate of drug-likeness (QED) is 0.694. The predicted octanol–water partition coefficient (Wildman–Crippen LogP) is 2.73. The molecule has 2 aromatic carbocycles. The number of ketones is 1. The van der Waals surface area contributed by atoms with E-state index in [0.29, 0.717) is 31.8 Å². The zero-order valence-electron chi connectivity index (χ0n) is 14.8. The van der Waals surface area contributed by atoms with Gasteiger partial charge in [0.25, 0.3) is 0 Å². The molecule has 0 unspecified atom stereocenters. The lowest BCUT2D eigenvalue weighted by Crippen LogP contribution is -2.17. The van der Waals surface area contributed by atoms with Crippen LogP contribution in [0.1, 0.15) is 39.1 Å². The second kappa shape index (κ2) is 8.79. The van der Waals surface area contributed by atoms with E-state index in [4.69, 9.17) is 9.47 Å². The fraction of sp³-hybridized carbons (Fsp3) is 0.333. The highest BCUT2D eigenvalue weighted by molar-refractivity contribution is 6.05. The fourth-order valence-electron chi connectivity index (χ4n) is 3.09. The van der Waals surface area contributed by atoms with Crippen LogP contribution in [0.2, 0.25) is 0 Å². The van der Waals surface area contributed by atoms with Crippen molar-refractivity contribution in [2.45, 2.75) is 31.5 Å². The topological polar surface area (TPSA) is 93.1 Å². The van der Waals surface area contributed by atoms with E-state index in [0.717, 1.165) is 5.56 Å². The first-order valence-corrected chi connectivity index (χ1v) is 8.90. The monoisotopic (exact) mass is 370 g/mol. The van der Waals surface area contributed by atoms with Gasteiger partial charge in [-0.25, -0.2) is 4.79 Å². The number of aliphatic hydroxyl groups excluding tert-OH is 1. The third kappa shape index (κ3) is 5.15. The van der Waals surface area contributed by atoms with E-state index in [1.165, 1.54) is 6.07 Å². The van der Waals surface area contributed by atoms with E-state index in [-0.39, 0.29) is 29.4 Å². The second-order valence-electron chi connectivity index (χ2n) is 6.58. The lowest BCUT2D eigenvalue weighted by Gasteiger charge is -2.12. The summed E-state index contributed by atoms with van der Waals surface area (Å²) in [5.41, 5.74) is 1.19.